The van der Waals surface area contributed by atoms with Crippen LogP contribution in [0.25, 0.3) is 0 Å². The van der Waals surface area contributed by atoms with Crippen LogP contribution < -0.4 is 10.5 Å². The van der Waals surface area contributed by atoms with Crippen LogP contribution in [-0.2, 0) is 11.8 Å². The first-order chi connectivity index (χ1) is 12.1. The van der Waals surface area contributed by atoms with Gasteiger partial charge in [-0.1, -0.05) is 6.07 Å². The number of rotatable bonds is 3. The highest BCUT2D eigenvalue weighted by atomic mass is 16.5. The number of likely N-dealkylation sites (tertiary alicyclic amines) is 1. The Morgan fingerprint density at radius 1 is 1.28 bits per heavy atom. The molecular formula is C21H30N2O2. The first-order valence-electron chi connectivity index (χ1n) is 9.95. The van der Waals surface area contributed by atoms with Crippen molar-refractivity contribution in [1.82, 2.24) is 4.90 Å². The van der Waals surface area contributed by atoms with Crippen LogP contribution in [0.3, 0.4) is 0 Å². The lowest BCUT2D eigenvalue weighted by atomic mass is 9.49. The quantitative estimate of drug-likeness (QED) is 0.884. The van der Waals surface area contributed by atoms with Crippen LogP contribution in [0.2, 0.25) is 0 Å². The van der Waals surface area contributed by atoms with Crippen molar-refractivity contribution in [3.05, 3.63) is 29.3 Å². The molecule has 4 heteroatoms. The van der Waals surface area contributed by atoms with E-state index in [1.54, 1.807) is 7.11 Å². The number of hydrogen-bond acceptors (Lipinski definition) is 4. The van der Waals surface area contributed by atoms with E-state index in [-0.39, 0.29) is 17.5 Å². The zero-order valence-electron chi connectivity index (χ0n) is 15.2. The molecule has 4 unspecified atom stereocenters. The van der Waals surface area contributed by atoms with E-state index in [2.05, 4.69) is 23.1 Å². The SMILES string of the molecule is COc1ccc2c(c1)C13CCC(N)CC1(O)C(C2)N(CC1CC1)CC3. The average molecular weight is 342 g/mol. The lowest BCUT2D eigenvalue weighted by Crippen LogP contribution is -2.74. The molecule has 0 amide bonds. The Hall–Kier alpha value is -1.10. The van der Waals surface area contributed by atoms with Crippen molar-refractivity contribution in [2.45, 2.75) is 68.0 Å². The lowest BCUT2D eigenvalue weighted by molar-refractivity contribution is -0.169. The molecule has 3 N–H and O–H groups in total. The zero-order chi connectivity index (χ0) is 17.2. The minimum Gasteiger partial charge on any atom is -0.497 e. The van der Waals surface area contributed by atoms with Crippen molar-refractivity contribution in [3.8, 4) is 5.75 Å². The number of fused-ring (bicyclic) bond motifs is 1. The molecule has 3 aliphatic carbocycles. The smallest absolute Gasteiger partial charge is 0.119 e. The van der Waals surface area contributed by atoms with E-state index in [1.165, 1.54) is 24.0 Å². The molecule has 1 aromatic rings. The van der Waals surface area contributed by atoms with Crippen molar-refractivity contribution in [2.75, 3.05) is 20.2 Å². The van der Waals surface area contributed by atoms with Gasteiger partial charge in [0, 0.05) is 24.0 Å². The lowest BCUT2D eigenvalue weighted by Gasteiger charge is -2.64. The molecular weight excluding hydrogens is 312 g/mol. The van der Waals surface area contributed by atoms with Gasteiger partial charge in [0.1, 0.15) is 5.75 Å². The summed E-state index contributed by atoms with van der Waals surface area (Å²) in [6.45, 7) is 2.26. The average Bonchev–Trinajstić information content (AvgIpc) is 3.40. The van der Waals surface area contributed by atoms with Crippen molar-refractivity contribution >= 4 is 0 Å². The fraction of sp³-hybridized carbons (Fsp3) is 0.714. The maximum atomic E-state index is 12.1. The minimum absolute atomic E-state index is 0.119. The first kappa shape index (κ1) is 16.1. The highest BCUT2D eigenvalue weighted by Crippen LogP contribution is 2.58. The van der Waals surface area contributed by atoms with Gasteiger partial charge in [-0.3, -0.25) is 4.90 Å². The number of nitrogens with zero attached hydrogens (tertiary/aromatic N) is 1. The fourth-order valence-electron chi connectivity index (χ4n) is 6.10. The molecule has 4 atom stereocenters. The van der Waals surface area contributed by atoms with Gasteiger partial charge in [-0.05, 0) is 80.7 Å². The summed E-state index contributed by atoms with van der Waals surface area (Å²) in [5.41, 5.74) is 8.26. The van der Waals surface area contributed by atoms with E-state index in [9.17, 15) is 5.11 Å². The van der Waals surface area contributed by atoms with E-state index in [0.717, 1.165) is 56.9 Å². The number of ether oxygens (including phenoxy) is 1. The number of aliphatic hydroxyl groups is 1. The van der Waals surface area contributed by atoms with Crippen molar-refractivity contribution in [2.24, 2.45) is 11.7 Å². The normalized spacial score (nSPS) is 40.3. The summed E-state index contributed by atoms with van der Waals surface area (Å²) in [6, 6.07) is 6.85. The maximum absolute atomic E-state index is 12.1. The van der Waals surface area contributed by atoms with Crippen LogP contribution in [0.4, 0.5) is 0 Å². The molecule has 2 saturated carbocycles. The highest BCUT2D eigenvalue weighted by molar-refractivity contribution is 5.48. The van der Waals surface area contributed by atoms with E-state index >= 15 is 0 Å². The van der Waals surface area contributed by atoms with Gasteiger partial charge < -0.3 is 15.6 Å². The molecule has 5 rings (SSSR count). The Bertz CT molecular complexity index is 688. The Morgan fingerprint density at radius 3 is 2.88 bits per heavy atom. The summed E-state index contributed by atoms with van der Waals surface area (Å²) in [5.74, 6) is 1.76. The predicted molar refractivity (Wildman–Crippen MR) is 97.9 cm³/mol. The van der Waals surface area contributed by atoms with Gasteiger partial charge in [0.2, 0.25) is 0 Å². The third-order valence-electron chi connectivity index (χ3n) is 7.60. The topological polar surface area (TPSA) is 58.7 Å². The summed E-state index contributed by atoms with van der Waals surface area (Å²) in [5, 5.41) is 12.1. The molecule has 0 aromatic heterocycles. The molecule has 136 valence electrons. The van der Waals surface area contributed by atoms with E-state index in [4.69, 9.17) is 10.5 Å². The van der Waals surface area contributed by atoms with Crippen molar-refractivity contribution < 1.29 is 9.84 Å². The second-order valence-corrected chi connectivity index (χ2v) is 8.94. The largest absolute Gasteiger partial charge is 0.497 e. The summed E-state index contributed by atoms with van der Waals surface area (Å²) >= 11 is 0. The van der Waals surface area contributed by atoms with E-state index < -0.39 is 5.60 Å². The second-order valence-electron chi connectivity index (χ2n) is 8.94. The van der Waals surface area contributed by atoms with Gasteiger partial charge in [0.15, 0.2) is 0 Å². The van der Waals surface area contributed by atoms with Crippen LogP contribution in [0.1, 0.15) is 49.7 Å². The fourth-order valence-corrected chi connectivity index (χ4v) is 6.10. The van der Waals surface area contributed by atoms with E-state index in [0.29, 0.717) is 0 Å². The van der Waals surface area contributed by atoms with Crippen LogP contribution in [0, 0.1) is 5.92 Å². The Balaban J connectivity index is 1.63. The zero-order valence-corrected chi connectivity index (χ0v) is 15.2. The number of benzene rings is 1. The molecule has 4 nitrogen and oxygen atoms in total. The summed E-state index contributed by atoms with van der Waals surface area (Å²) < 4.78 is 5.51. The van der Waals surface area contributed by atoms with Crippen LogP contribution >= 0.6 is 0 Å². The van der Waals surface area contributed by atoms with Gasteiger partial charge in [0.05, 0.1) is 12.7 Å². The summed E-state index contributed by atoms with van der Waals surface area (Å²) in [6.07, 6.45) is 7.44. The van der Waals surface area contributed by atoms with Crippen molar-refractivity contribution in [3.63, 3.8) is 0 Å². The Labute approximate surface area is 150 Å². The second kappa shape index (κ2) is 5.45. The first-order valence-corrected chi connectivity index (χ1v) is 9.95. The van der Waals surface area contributed by atoms with Gasteiger partial charge in [-0.25, -0.2) is 0 Å². The molecule has 25 heavy (non-hydrogen) atoms. The van der Waals surface area contributed by atoms with Crippen LogP contribution in [0.5, 0.6) is 5.75 Å². The van der Waals surface area contributed by atoms with Gasteiger partial charge in [0.25, 0.3) is 0 Å². The molecule has 1 aliphatic heterocycles. The maximum Gasteiger partial charge on any atom is 0.119 e. The monoisotopic (exact) mass is 342 g/mol. The molecule has 1 aromatic carbocycles. The number of piperidine rings is 1. The standard InChI is InChI=1S/C21H30N2O2/c1-25-17-5-4-15-10-19-21(24)12-16(22)6-7-20(21,18(15)11-17)8-9-23(19)13-14-2-3-14/h4-5,11,14,16,19,24H,2-3,6-10,12-13,22H2,1H3. The van der Waals surface area contributed by atoms with Crippen molar-refractivity contribution in [1.29, 1.82) is 0 Å². The number of nitrogens with two attached hydrogens (primary N) is 1. The predicted octanol–water partition coefficient (Wildman–Crippen LogP) is 2.22. The third kappa shape index (κ3) is 2.23. The summed E-state index contributed by atoms with van der Waals surface area (Å²) in [7, 11) is 1.73. The van der Waals surface area contributed by atoms with E-state index in [1.807, 2.05) is 0 Å². The summed E-state index contributed by atoms with van der Waals surface area (Å²) in [4.78, 5) is 2.60. The van der Waals surface area contributed by atoms with Gasteiger partial charge >= 0.3 is 0 Å². The highest BCUT2D eigenvalue weighted by Gasteiger charge is 2.64. The number of methoxy groups -OCH3 is 1. The Kier molecular flexibility index (Phi) is 3.51. The Morgan fingerprint density at radius 2 is 2.12 bits per heavy atom. The van der Waals surface area contributed by atoms with Gasteiger partial charge in [-0.15, -0.1) is 0 Å². The molecule has 1 saturated heterocycles. The molecule has 0 radical (unpaired) electrons. The third-order valence-corrected chi connectivity index (χ3v) is 7.60. The molecule has 3 fully saturated rings. The molecule has 4 aliphatic rings. The van der Waals surface area contributed by atoms with Crippen LogP contribution in [0.15, 0.2) is 18.2 Å². The molecule has 0 spiro atoms. The minimum atomic E-state index is -0.697. The molecule has 2 bridgehead atoms. The number of hydrogen-bond donors (Lipinski definition) is 2. The van der Waals surface area contributed by atoms with Crippen LogP contribution in [-0.4, -0.2) is 47.9 Å². The van der Waals surface area contributed by atoms with Gasteiger partial charge in [-0.2, -0.15) is 0 Å². The molecule has 1 heterocycles.